The van der Waals surface area contributed by atoms with Crippen molar-refractivity contribution in [2.45, 2.75) is 9.79 Å². The summed E-state index contributed by atoms with van der Waals surface area (Å²) in [6.45, 7) is 0. The van der Waals surface area contributed by atoms with Crippen LogP contribution in [-0.2, 0) is 9.84 Å². The zero-order chi connectivity index (χ0) is 15.6. The summed E-state index contributed by atoms with van der Waals surface area (Å²) in [6.07, 6.45) is 0. The molecule has 0 aliphatic carbocycles. The van der Waals surface area contributed by atoms with Crippen LogP contribution in [0, 0.1) is 20.2 Å². The van der Waals surface area contributed by atoms with Gasteiger partial charge >= 0.3 is 0 Å². The van der Waals surface area contributed by atoms with Gasteiger partial charge in [-0.05, 0) is 12.1 Å². The number of rotatable bonds is 4. The van der Waals surface area contributed by atoms with E-state index in [1.807, 2.05) is 0 Å². The Morgan fingerprint density at radius 1 is 0.857 bits per heavy atom. The highest BCUT2D eigenvalue weighted by molar-refractivity contribution is 7.91. The van der Waals surface area contributed by atoms with Crippen LogP contribution in [0.25, 0.3) is 0 Å². The van der Waals surface area contributed by atoms with Crippen molar-refractivity contribution in [2.24, 2.45) is 0 Å². The van der Waals surface area contributed by atoms with E-state index < -0.39 is 36.0 Å². The van der Waals surface area contributed by atoms with Gasteiger partial charge in [-0.3, -0.25) is 20.2 Å². The van der Waals surface area contributed by atoms with Crippen LogP contribution in [0.5, 0.6) is 0 Å². The van der Waals surface area contributed by atoms with E-state index in [4.69, 9.17) is 0 Å². The Balaban J connectivity index is 2.66. The van der Waals surface area contributed by atoms with E-state index >= 15 is 0 Å². The van der Waals surface area contributed by atoms with Crippen molar-refractivity contribution in [3.8, 4) is 0 Å². The minimum atomic E-state index is -4.22. The Kier molecular flexibility index (Phi) is 3.68. The van der Waals surface area contributed by atoms with Crippen LogP contribution < -0.4 is 0 Å². The second-order valence-electron chi connectivity index (χ2n) is 3.98. The summed E-state index contributed by atoms with van der Waals surface area (Å²) in [5.41, 5.74) is -0.987. The van der Waals surface area contributed by atoms with Crippen LogP contribution >= 0.6 is 0 Å². The highest BCUT2D eigenvalue weighted by Crippen LogP contribution is 2.30. The number of hydrogen-bond donors (Lipinski definition) is 0. The zero-order valence-electron chi connectivity index (χ0n) is 10.4. The second-order valence-corrected chi connectivity index (χ2v) is 5.90. The molecule has 2 aromatic carbocycles. The maximum atomic E-state index is 12.4. The third-order valence-corrected chi connectivity index (χ3v) is 4.49. The van der Waals surface area contributed by atoms with Crippen molar-refractivity contribution >= 4 is 21.2 Å². The monoisotopic (exact) mass is 308 g/mol. The number of nitrogens with zero attached hydrogens (tertiary/aromatic N) is 2. The van der Waals surface area contributed by atoms with Gasteiger partial charge in [-0.2, -0.15) is 0 Å². The minimum Gasteiger partial charge on any atom is -0.258 e. The molecule has 0 bridgehead atoms. The number of hydrogen-bond acceptors (Lipinski definition) is 6. The van der Waals surface area contributed by atoms with E-state index in [9.17, 15) is 28.6 Å². The van der Waals surface area contributed by atoms with Crippen molar-refractivity contribution in [2.75, 3.05) is 0 Å². The van der Waals surface area contributed by atoms with Gasteiger partial charge in [-0.15, -0.1) is 0 Å². The van der Waals surface area contributed by atoms with Gasteiger partial charge in [0.05, 0.1) is 14.7 Å². The highest BCUT2D eigenvalue weighted by Gasteiger charge is 2.28. The number of nitro groups is 2. The molecule has 0 saturated carbocycles. The Morgan fingerprint density at radius 3 is 2.14 bits per heavy atom. The smallest absolute Gasteiger partial charge is 0.258 e. The van der Waals surface area contributed by atoms with Gasteiger partial charge in [0.1, 0.15) is 4.90 Å². The Morgan fingerprint density at radius 2 is 1.52 bits per heavy atom. The SMILES string of the molecule is O=[N+]([O-])c1cccc(S(=O)(=O)c2ccccc2[N+](=O)[O-])c1. The van der Waals surface area contributed by atoms with E-state index in [1.165, 1.54) is 18.2 Å². The molecule has 0 aliphatic rings. The first kappa shape index (κ1) is 14.6. The molecular formula is C12H8N2O6S. The Hall–Kier alpha value is -2.81. The van der Waals surface area contributed by atoms with E-state index in [2.05, 4.69) is 0 Å². The molecule has 0 heterocycles. The lowest BCUT2D eigenvalue weighted by Crippen LogP contribution is -2.06. The number of para-hydroxylation sites is 1. The van der Waals surface area contributed by atoms with Crippen LogP contribution in [0.4, 0.5) is 11.4 Å². The molecule has 0 fully saturated rings. The standard InChI is InChI=1S/C12H8N2O6S/c15-13(16)9-4-3-5-10(8-9)21(19,20)12-7-2-1-6-11(12)14(17)18/h1-8H. The molecule has 0 saturated heterocycles. The first-order valence-electron chi connectivity index (χ1n) is 5.57. The van der Waals surface area contributed by atoms with Crippen LogP contribution in [0.3, 0.4) is 0 Å². The molecular weight excluding hydrogens is 300 g/mol. The van der Waals surface area contributed by atoms with Gasteiger partial charge in [0.15, 0.2) is 0 Å². The average molecular weight is 308 g/mol. The largest absolute Gasteiger partial charge is 0.288 e. The van der Waals surface area contributed by atoms with E-state index in [1.54, 1.807) is 0 Å². The van der Waals surface area contributed by atoms with Crippen molar-refractivity contribution in [3.63, 3.8) is 0 Å². The lowest BCUT2D eigenvalue weighted by molar-refractivity contribution is -0.387. The van der Waals surface area contributed by atoms with Gasteiger partial charge < -0.3 is 0 Å². The molecule has 0 aliphatic heterocycles. The summed E-state index contributed by atoms with van der Waals surface area (Å²) in [4.78, 5) is 19.2. The summed E-state index contributed by atoms with van der Waals surface area (Å²) >= 11 is 0. The lowest BCUT2D eigenvalue weighted by Gasteiger charge is -2.05. The van der Waals surface area contributed by atoms with E-state index in [0.717, 1.165) is 30.3 Å². The highest BCUT2D eigenvalue weighted by atomic mass is 32.2. The molecule has 2 rings (SSSR count). The minimum absolute atomic E-state index is 0.369. The van der Waals surface area contributed by atoms with E-state index in [0.29, 0.717) is 0 Å². The van der Waals surface area contributed by atoms with Crippen molar-refractivity contribution in [1.29, 1.82) is 0 Å². The van der Waals surface area contributed by atoms with Gasteiger partial charge in [0.2, 0.25) is 9.84 Å². The maximum Gasteiger partial charge on any atom is 0.288 e. The molecule has 8 nitrogen and oxygen atoms in total. The molecule has 0 radical (unpaired) electrons. The fourth-order valence-electron chi connectivity index (χ4n) is 1.73. The number of benzene rings is 2. The first-order chi connectivity index (χ1) is 9.84. The first-order valence-corrected chi connectivity index (χ1v) is 7.05. The molecule has 108 valence electrons. The summed E-state index contributed by atoms with van der Waals surface area (Å²) in [5.74, 6) is 0. The van der Waals surface area contributed by atoms with Crippen molar-refractivity contribution in [1.82, 2.24) is 0 Å². The molecule has 0 unspecified atom stereocenters. The Bertz CT molecular complexity index is 831. The molecule has 2 aromatic rings. The van der Waals surface area contributed by atoms with Crippen molar-refractivity contribution in [3.05, 3.63) is 68.8 Å². The fraction of sp³-hybridized carbons (Fsp3) is 0. The molecule has 0 N–H and O–H groups in total. The maximum absolute atomic E-state index is 12.4. The van der Waals surface area contributed by atoms with Crippen LogP contribution in [-0.4, -0.2) is 18.3 Å². The van der Waals surface area contributed by atoms with Crippen LogP contribution in [0.1, 0.15) is 0 Å². The lowest BCUT2D eigenvalue weighted by atomic mass is 10.3. The van der Waals surface area contributed by atoms with Gasteiger partial charge in [0.25, 0.3) is 11.4 Å². The molecule has 21 heavy (non-hydrogen) atoms. The molecule has 0 aromatic heterocycles. The third-order valence-electron chi connectivity index (χ3n) is 2.69. The number of sulfone groups is 1. The average Bonchev–Trinajstić information content (AvgIpc) is 2.47. The Labute approximate surface area is 118 Å². The third kappa shape index (κ3) is 2.72. The number of nitro benzene ring substituents is 2. The van der Waals surface area contributed by atoms with Crippen molar-refractivity contribution < 1.29 is 18.3 Å². The molecule has 9 heteroatoms. The molecule has 0 amide bonds. The summed E-state index contributed by atoms with van der Waals surface area (Å²) < 4.78 is 24.8. The van der Waals surface area contributed by atoms with Crippen LogP contribution in [0.15, 0.2) is 58.3 Å². The molecule has 0 atom stereocenters. The topological polar surface area (TPSA) is 120 Å². The number of non-ortho nitro benzene ring substituents is 1. The predicted molar refractivity (Wildman–Crippen MR) is 71.6 cm³/mol. The summed E-state index contributed by atoms with van der Waals surface area (Å²) in [6, 6.07) is 9.20. The quantitative estimate of drug-likeness (QED) is 0.631. The van der Waals surface area contributed by atoms with Gasteiger partial charge in [-0.1, -0.05) is 18.2 Å². The summed E-state index contributed by atoms with van der Waals surface area (Å²) in [7, 11) is -4.22. The normalized spacial score (nSPS) is 11.0. The van der Waals surface area contributed by atoms with Gasteiger partial charge in [-0.25, -0.2) is 8.42 Å². The van der Waals surface area contributed by atoms with Gasteiger partial charge in [0, 0.05) is 18.2 Å². The zero-order valence-corrected chi connectivity index (χ0v) is 11.2. The van der Waals surface area contributed by atoms with E-state index in [-0.39, 0.29) is 4.90 Å². The fourth-order valence-corrected chi connectivity index (χ4v) is 3.19. The predicted octanol–water partition coefficient (Wildman–Crippen LogP) is 2.34. The summed E-state index contributed by atoms with van der Waals surface area (Å²) in [5, 5.41) is 21.6. The molecule has 0 spiro atoms. The van der Waals surface area contributed by atoms with Crippen LogP contribution in [0.2, 0.25) is 0 Å². The second kappa shape index (κ2) is 5.29.